The quantitative estimate of drug-likeness (QED) is 0.416. The topological polar surface area (TPSA) is 3.24 Å². The van der Waals surface area contributed by atoms with Gasteiger partial charge in [-0.2, -0.15) is 0 Å². The molecule has 52 valence electrons. The highest BCUT2D eigenvalue weighted by Gasteiger charge is 1.92. The van der Waals surface area contributed by atoms with Crippen molar-refractivity contribution in [3.8, 4) is 0 Å². The molecule has 0 aromatic carbocycles. The van der Waals surface area contributed by atoms with Crippen molar-refractivity contribution >= 4 is 9.24 Å². The molecular formula is C7H14NP. The summed E-state index contributed by atoms with van der Waals surface area (Å²) in [5.74, 6) is 0. The lowest BCUT2D eigenvalue weighted by Gasteiger charge is -2.14. The average molecular weight is 143 g/mol. The van der Waals surface area contributed by atoms with Gasteiger partial charge in [-0.05, 0) is 0 Å². The van der Waals surface area contributed by atoms with E-state index in [1.165, 1.54) is 0 Å². The molecule has 0 fully saturated rings. The number of hydrogen-bond donors (Lipinski definition) is 0. The van der Waals surface area contributed by atoms with E-state index in [2.05, 4.69) is 27.3 Å². The van der Waals surface area contributed by atoms with Crippen LogP contribution < -0.4 is 0 Å². The molecule has 0 heterocycles. The van der Waals surface area contributed by atoms with Gasteiger partial charge in [-0.3, -0.25) is 4.90 Å². The maximum Gasteiger partial charge on any atom is 0.0167 e. The Kier molecular flexibility index (Phi) is 5.91. The van der Waals surface area contributed by atoms with Crippen molar-refractivity contribution in [1.29, 1.82) is 0 Å². The van der Waals surface area contributed by atoms with Gasteiger partial charge in [-0.25, -0.2) is 0 Å². The fourth-order valence-corrected chi connectivity index (χ4v) is 0.887. The summed E-state index contributed by atoms with van der Waals surface area (Å²) < 4.78 is 0. The lowest BCUT2D eigenvalue weighted by molar-refractivity contribution is 0.396. The van der Waals surface area contributed by atoms with E-state index >= 15 is 0 Å². The fourth-order valence-electron chi connectivity index (χ4n) is 0.589. The lowest BCUT2D eigenvalue weighted by Crippen LogP contribution is -2.21. The maximum absolute atomic E-state index is 3.65. The molecule has 9 heavy (non-hydrogen) atoms. The van der Waals surface area contributed by atoms with E-state index in [4.69, 9.17) is 0 Å². The van der Waals surface area contributed by atoms with Gasteiger partial charge in [0.2, 0.25) is 0 Å². The van der Waals surface area contributed by atoms with Crippen molar-refractivity contribution in [2.24, 2.45) is 0 Å². The van der Waals surface area contributed by atoms with Gasteiger partial charge in [0.05, 0.1) is 0 Å². The number of hydrogen-bond acceptors (Lipinski definition) is 1. The lowest BCUT2D eigenvalue weighted by atomic mass is 10.5. The van der Waals surface area contributed by atoms with E-state index in [0.29, 0.717) is 0 Å². The van der Waals surface area contributed by atoms with E-state index in [9.17, 15) is 0 Å². The molecule has 0 aliphatic heterocycles. The second kappa shape index (κ2) is 6.00. The first-order valence-electron chi connectivity index (χ1n) is 2.99. The van der Waals surface area contributed by atoms with E-state index < -0.39 is 0 Å². The minimum absolute atomic E-state index is 0.940. The molecule has 0 rings (SSSR count). The summed E-state index contributed by atoms with van der Waals surface area (Å²) in [7, 11) is 2.67. The van der Waals surface area contributed by atoms with Crippen LogP contribution in [0.1, 0.15) is 0 Å². The number of rotatable bonds is 5. The second-order valence-corrected chi connectivity index (χ2v) is 2.16. The van der Waals surface area contributed by atoms with Crippen LogP contribution in [0.15, 0.2) is 25.3 Å². The summed E-state index contributed by atoms with van der Waals surface area (Å²) in [6, 6.07) is 0. The summed E-state index contributed by atoms with van der Waals surface area (Å²) >= 11 is 0. The summed E-state index contributed by atoms with van der Waals surface area (Å²) in [6.07, 6.45) is 4.78. The Bertz CT molecular complexity index is 80.9. The highest BCUT2D eigenvalue weighted by molar-refractivity contribution is 7.16. The van der Waals surface area contributed by atoms with Gasteiger partial charge in [0, 0.05) is 19.4 Å². The second-order valence-electron chi connectivity index (χ2n) is 1.80. The Labute approximate surface area is 59.6 Å². The average Bonchev–Trinajstić information content (AvgIpc) is 1.88. The largest absolute Gasteiger partial charge is 0.293 e. The third-order valence-electron chi connectivity index (χ3n) is 1.03. The molecule has 0 aromatic rings. The smallest absolute Gasteiger partial charge is 0.0167 e. The van der Waals surface area contributed by atoms with Crippen LogP contribution in [0.3, 0.4) is 0 Å². The molecule has 0 aromatic heterocycles. The van der Waals surface area contributed by atoms with Crippen LogP contribution in [0.25, 0.3) is 0 Å². The molecule has 0 N–H and O–H groups in total. The maximum atomic E-state index is 3.65. The van der Waals surface area contributed by atoms with Gasteiger partial charge in [0.15, 0.2) is 0 Å². The molecule has 0 aliphatic carbocycles. The molecule has 0 aliphatic rings. The highest BCUT2D eigenvalue weighted by Crippen LogP contribution is 1.92. The summed E-state index contributed by atoms with van der Waals surface area (Å²) in [5, 5.41) is 0. The van der Waals surface area contributed by atoms with Crippen LogP contribution in [0.4, 0.5) is 0 Å². The van der Waals surface area contributed by atoms with Crippen LogP contribution in [0.2, 0.25) is 0 Å². The van der Waals surface area contributed by atoms with Gasteiger partial charge in [-0.1, -0.05) is 12.2 Å². The first-order valence-corrected chi connectivity index (χ1v) is 3.81. The number of nitrogens with zero attached hydrogens (tertiary/aromatic N) is 1. The van der Waals surface area contributed by atoms with Gasteiger partial charge in [0.1, 0.15) is 0 Å². The minimum Gasteiger partial charge on any atom is -0.293 e. The minimum atomic E-state index is 0.940. The van der Waals surface area contributed by atoms with Crippen LogP contribution in [-0.4, -0.2) is 24.3 Å². The van der Waals surface area contributed by atoms with Crippen molar-refractivity contribution in [2.45, 2.75) is 0 Å². The molecule has 2 heteroatoms. The highest BCUT2D eigenvalue weighted by atomic mass is 31.0. The molecule has 1 unspecified atom stereocenters. The molecule has 0 spiro atoms. The third-order valence-corrected chi connectivity index (χ3v) is 1.55. The molecular weight excluding hydrogens is 129 g/mol. The Balaban J connectivity index is 3.39. The molecule has 0 saturated heterocycles. The van der Waals surface area contributed by atoms with Crippen molar-refractivity contribution < 1.29 is 0 Å². The Morgan fingerprint density at radius 3 is 1.89 bits per heavy atom. The first-order chi connectivity index (χ1) is 4.35. The third kappa shape index (κ3) is 4.38. The summed E-state index contributed by atoms with van der Waals surface area (Å²) in [4.78, 5) is 2.21. The first kappa shape index (κ1) is 8.87. The summed E-state index contributed by atoms with van der Waals surface area (Å²) in [6.45, 7) is 9.17. The van der Waals surface area contributed by atoms with Gasteiger partial charge < -0.3 is 0 Å². The van der Waals surface area contributed by atoms with Crippen molar-refractivity contribution in [3.63, 3.8) is 0 Å². The monoisotopic (exact) mass is 143 g/mol. The fraction of sp³-hybridized carbons (Fsp3) is 0.429. The SMILES string of the molecule is C=CCN(CP)CC=C. The van der Waals surface area contributed by atoms with Gasteiger partial charge >= 0.3 is 0 Å². The van der Waals surface area contributed by atoms with E-state index in [0.717, 1.165) is 19.4 Å². The van der Waals surface area contributed by atoms with Crippen LogP contribution in [0.5, 0.6) is 0 Å². The predicted octanol–water partition coefficient (Wildman–Crippen LogP) is 1.49. The summed E-state index contributed by atoms with van der Waals surface area (Å²) in [5.41, 5.74) is 0. The zero-order valence-corrected chi connectivity index (χ0v) is 6.87. The Morgan fingerprint density at radius 2 is 1.67 bits per heavy atom. The van der Waals surface area contributed by atoms with Crippen LogP contribution in [-0.2, 0) is 0 Å². The Morgan fingerprint density at radius 1 is 1.22 bits per heavy atom. The molecule has 0 saturated carbocycles. The van der Waals surface area contributed by atoms with E-state index in [1.807, 2.05) is 12.2 Å². The van der Waals surface area contributed by atoms with Crippen molar-refractivity contribution in [3.05, 3.63) is 25.3 Å². The molecule has 1 atom stereocenters. The van der Waals surface area contributed by atoms with Gasteiger partial charge in [-0.15, -0.1) is 22.4 Å². The van der Waals surface area contributed by atoms with Gasteiger partial charge in [0.25, 0.3) is 0 Å². The standard InChI is InChI=1S/C7H14NP/c1-3-5-8(7-9)6-4-2/h3-4H,1-2,5-7,9H2. The van der Waals surface area contributed by atoms with E-state index in [1.54, 1.807) is 0 Å². The van der Waals surface area contributed by atoms with Crippen LogP contribution >= 0.6 is 9.24 Å². The normalized spacial score (nSPS) is 9.56. The van der Waals surface area contributed by atoms with Crippen molar-refractivity contribution in [1.82, 2.24) is 4.90 Å². The molecule has 0 bridgehead atoms. The molecule has 0 radical (unpaired) electrons. The zero-order chi connectivity index (χ0) is 7.11. The predicted molar refractivity (Wildman–Crippen MR) is 46.5 cm³/mol. The van der Waals surface area contributed by atoms with Crippen molar-refractivity contribution in [2.75, 3.05) is 19.4 Å². The van der Waals surface area contributed by atoms with Crippen LogP contribution in [0, 0.1) is 0 Å². The van der Waals surface area contributed by atoms with E-state index in [-0.39, 0.29) is 0 Å². The molecule has 1 nitrogen and oxygen atoms in total. The zero-order valence-electron chi connectivity index (χ0n) is 5.71. The molecule has 0 amide bonds. The Hall–Kier alpha value is -0.130.